The first kappa shape index (κ1) is 9.94. The second-order valence-corrected chi connectivity index (χ2v) is 2.62. The van der Waals surface area contributed by atoms with Crippen LogP contribution in [0.2, 0.25) is 0 Å². The summed E-state index contributed by atoms with van der Waals surface area (Å²) in [7, 11) is 2.03. The van der Waals surface area contributed by atoms with Crippen LogP contribution in [0.25, 0.3) is 0 Å². The lowest BCUT2D eigenvalue weighted by Crippen LogP contribution is -3.00. The first-order valence-corrected chi connectivity index (χ1v) is 3.23. The van der Waals surface area contributed by atoms with Gasteiger partial charge in [0.15, 0.2) is 0 Å². The molecule has 0 aromatic carbocycles. The van der Waals surface area contributed by atoms with Gasteiger partial charge in [0.1, 0.15) is 12.4 Å². The van der Waals surface area contributed by atoms with Crippen molar-refractivity contribution in [2.24, 2.45) is 7.05 Å². The van der Waals surface area contributed by atoms with E-state index >= 15 is 0 Å². The average Bonchev–Trinajstić information content (AvgIpc) is 2.14. The van der Waals surface area contributed by atoms with Gasteiger partial charge in [-0.05, 0) is 13.8 Å². The van der Waals surface area contributed by atoms with Crippen LogP contribution in [0.4, 0.5) is 0 Å². The molecule has 10 heavy (non-hydrogen) atoms. The van der Waals surface area contributed by atoms with Crippen molar-refractivity contribution < 1.29 is 28.5 Å². The molecule has 0 aliphatic rings. The number of hydrogen-bond acceptors (Lipinski definition) is 0. The number of nitrogens with zero attached hydrogens (tertiary/aromatic N) is 2. The molecule has 2 nitrogen and oxygen atoms in total. The Kier molecular flexibility index (Phi) is 3.93. The molecule has 0 atom stereocenters. The van der Waals surface area contributed by atoms with Crippen molar-refractivity contribution in [3.63, 3.8) is 0 Å². The van der Waals surface area contributed by atoms with Crippen molar-refractivity contribution in [2.75, 3.05) is 0 Å². The molecule has 0 fully saturated rings. The molecule has 0 aliphatic carbocycles. The van der Waals surface area contributed by atoms with Crippen molar-refractivity contribution in [2.45, 2.75) is 19.9 Å². The maximum Gasteiger partial charge on any atom is 0.243 e. The topological polar surface area (TPSA) is 8.81 Å². The summed E-state index contributed by atoms with van der Waals surface area (Å²) in [4.78, 5) is 0. The highest BCUT2D eigenvalue weighted by Crippen LogP contribution is 1.98. The Morgan fingerprint density at radius 3 is 2.20 bits per heavy atom. The van der Waals surface area contributed by atoms with Gasteiger partial charge in [-0.2, -0.15) is 0 Å². The molecule has 1 rings (SSSR count). The fourth-order valence-electron chi connectivity index (χ4n) is 0.775. The molecule has 0 bridgehead atoms. The third-order valence-electron chi connectivity index (χ3n) is 1.39. The van der Waals surface area contributed by atoms with E-state index in [0.29, 0.717) is 6.04 Å². The molecule has 1 heterocycles. The number of aryl methyl sites for hydroxylation is 1. The molecule has 1 aromatic rings. The first-order valence-electron chi connectivity index (χ1n) is 3.23. The third-order valence-corrected chi connectivity index (χ3v) is 1.39. The number of rotatable bonds is 1. The van der Waals surface area contributed by atoms with E-state index < -0.39 is 0 Å². The molecule has 0 radical (unpaired) electrons. The van der Waals surface area contributed by atoms with Gasteiger partial charge in [0.2, 0.25) is 6.33 Å². The summed E-state index contributed by atoms with van der Waals surface area (Å²) in [6, 6.07) is 0.575. The summed E-state index contributed by atoms with van der Waals surface area (Å²) in [6.07, 6.45) is 6.19. The van der Waals surface area contributed by atoms with E-state index in [2.05, 4.69) is 30.9 Å². The minimum atomic E-state index is 0. The second kappa shape index (κ2) is 3.95. The van der Waals surface area contributed by atoms with Crippen LogP contribution in [0.15, 0.2) is 18.7 Å². The number of aromatic nitrogens is 2. The zero-order valence-electron chi connectivity index (χ0n) is 6.58. The average molecular weight is 252 g/mol. The third kappa shape index (κ3) is 2.28. The second-order valence-electron chi connectivity index (χ2n) is 2.62. The maximum atomic E-state index is 2.17. The molecule has 0 aliphatic heterocycles. The fraction of sp³-hybridized carbons (Fsp3) is 0.571. The summed E-state index contributed by atoms with van der Waals surface area (Å²) < 4.78 is 4.21. The van der Waals surface area contributed by atoms with E-state index in [9.17, 15) is 0 Å². The molecule has 0 N–H and O–H groups in total. The van der Waals surface area contributed by atoms with Gasteiger partial charge in [0.25, 0.3) is 0 Å². The van der Waals surface area contributed by atoms with Gasteiger partial charge in [-0.3, -0.25) is 0 Å². The SMILES string of the molecule is CC(C)n1cc[n+](C)c1.[I-]. The zero-order valence-corrected chi connectivity index (χ0v) is 8.74. The standard InChI is InChI=1S/C7H13N2.HI/c1-7(2)9-5-4-8(3)6-9;/h4-7H,1-3H3;1H/q+1;/p-1. The smallest absolute Gasteiger partial charge is 0.243 e. The van der Waals surface area contributed by atoms with Gasteiger partial charge in [0.05, 0.1) is 13.1 Å². The lowest BCUT2D eigenvalue weighted by molar-refractivity contribution is -0.671. The normalized spacial score (nSPS) is 9.60. The van der Waals surface area contributed by atoms with E-state index in [0.717, 1.165) is 0 Å². The highest BCUT2D eigenvalue weighted by atomic mass is 127. The highest BCUT2D eigenvalue weighted by molar-refractivity contribution is 4.69. The first-order chi connectivity index (χ1) is 4.20. The van der Waals surface area contributed by atoms with Crippen LogP contribution in [-0.2, 0) is 7.05 Å². The molecular formula is C7H13IN2. The van der Waals surface area contributed by atoms with Gasteiger partial charge in [-0.25, -0.2) is 9.13 Å². The van der Waals surface area contributed by atoms with Crippen LogP contribution < -0.4 is 28.5 Å². The Bertz CT molecular complexity index is 193. The van der Waals surface area contributed by atoms with Crippen molar-refractivity contribution >= 4 is 0 Å². The van der Waals surface area contributed by atoms with Crippen LogP contribution in [0, 0.1) is 0 Å². The van der Waals surface area contributed by atoms with Gasteiger partial charge >= 0.3 is 0 Å². The molecule has 0 spiro atoms. The summed E-state index contributed by atoms with van der Waals surface area (Å²) in [5.74, 6) is 0. The van der Waals surface area contributed by atoms with Crippen molar-refractivity contribution in [1.29, 1.82) is 0 Å². The van der Waals surface area contributed by atoms with E-state index in [1.54, 1.807) is 0 Å². The molecule has 0 amide bonds. The van der Waals surface area contributed by atoms with Crippen LogP contribution in [-0.4, -0.2) is 4.57 Å². The Morgan fingerprint density at radius 1 is 1.40 bits per heavy atom. The number of hydrogen-bond donors (Lipinski definition) is 0. The summed E-state index contributed by atoms with van der Waals surface area (Å²) >= 11 is 0. The van der Waals surface area contributed by atoms with Gasteiger partial charge in [-0.1, -0.05) is 0 Å². The lowest BCUT2D eigenvalue weighted by atomic mass is 10.4. The van der Waals surface area contributed by atoms with Crippen molar-refractivity contribution in [3.8, 4) is 0 Å². The lowest BCUT2D eigenvalue weighted by Gasteiger charge is -1.95. The highest BCUT2D eigenvalue weighted by Gasteiger charge is 2.01. The van der Waals surface area contributed by atoms with Crippen LogP contribution >= 0.6 is 0 Å². The molecule has 0 saturated heterocycles. The molecule has 1 aromatic heterocycles. The van der Waals surface area contributed by atoms with E-state index in [-0.39, 0.29) is 24.0 Å². The van der Waals surface area contributed by atoms with E-state index in [4.69, 9.17) is 0 Å². The quantitative estimate of drug-likeness (QED) is 0.400. The Labute approximate surface area is 78.9 Å². The van der Waals surface area contributed by atoms with Crippen LogP contribution in [0.1, 0.15) is 19.9 Å². The maximum absolute atomic E-state index is 2.17. The minimum absolute atomic E-state index is 0. The number of halogens is 1. The largest absolute Gasteiger partial charge is 1.00 e. The predicted octanol–water partition coefficient (Wildman–Crippen LogP) is -2.10. The zero-order chi connectivity index (χ0) is 6.85. The van der Waals surface area contributed by atoms with Crippen molar-refractivity contribution in [3.05, 3.63) is 18.7 Å². The molecule has 0 unspecified atom stereocenters. The van der Waals surface area contributed by atoms with Crippen LogP contribution in [0.3, 0.4) is 0 Å². The molecular weight excluding hydrogens is 239 g/mol. The van der Waals surface area contributed by atoms with Crippen molar-refractivity contribution in [1.82, 2.24) is 4.57 Å². The predicted molar refractivity (Wildman–Crippen MR) is 36.0 cm³/mol. The summed E-state index contributed by atoms with van der Waals surface area (Å²) in [5, 5.41) is 0. The Balaban J connectivity index is 0.000000810. The van der Waals surface area contributed by atoms with Gasteiger partial charge < -0.3 is 24.0 Å². The Hall–Kier alpha value is -0.0600. The summed E-state index contributed by atoms with van der Waals surface area (Å²) in [5.41, 5.74) is 0. The fourth-order valence-corrected chi connectivity index (χ4v) is 0.775. The van der Waals surface area contributed by atoms with E-state index in [1.807, 2.05) is 17.8 Å². The minimum Gasteiger partial charge on any atom is -1.00 e. The molecule has 0 saturated carbocycles. The van der Waals surface area contributed by atoms with Crippen LogP contribution in [0.5, 0.6) is 0 Å². The van der Waals surface area contributed by atoms with Gasteiger partial charge in [0, 0.05) is 0 Å². The molecule has 58 valence electrons. The number of imidazole rings is 1. The monoisotopic (exact) mass is 252 g/mol. The van der Waals surface area contributed by atoms with E-state index in [1.165, 1.54) is 0 Å². The molecule has 3 heteroatoms. The Morgan fingerprint density at radius 2 is 2.00 bits per heavy atom. The van der Waals surface area contributed by atoms with Gasteiger partial charge in [-0.15, -0.1) is 0 Å². The summed E-state index contributed by atoms with van der Waals surface area (Å²) in [6.45, 7) is 4.33.